The lowest BCUT2D eigenvalue weighted by Crippen LogP contribution is -2.44. The van der Waals surface area contributed by atoms with Crippen LogP contribution in [0.1, 0.15) is 47.8 Å². The van der Waals surface area contributed by atoms with E-state index in [9.17, 15) is 9.90 Å². The molecule has 0 saturated carbocycles. The molecule has 1 saturated heterocycles. The maximum atomic E-state index is 12.9. The molecule has 0 atom stereocenters. The maximum Gasteiger partial charge on any atom is 0.257 e. The van der Waals surface area contributed by atoms with Crippen LogP contribution in [0.3, 0.4) is 0 Å². The Bertz CT molecular complexity index is 710. The summed E-state index contributed by atoms with van der Waals surface area (Å²) in [6, 6.07) is 10.1. The molecule has 0 radical (unpaired) electrons. The molecule has 5 heteroatoms. The summed E-state index contributed by atoms with van der Waals surface area (Å²) in [6.45, 7) is 6.36. The van der Waals surface area contributed by atoms with Crippen LogP contribution in [-0.2, 0) is 6.54 Å². The van der Waals surface area contributed by atoms with Crippen molar-refractivity contribution in [2.24, 2.45) is 5.41 Å². The van der Waals surface area contributed by atoms with Crippen LogP contribution in [0.5, 0.6) is 0 Å². The van der Waals surface area contributed by atoms with Crippen molar-refractivity contribution in [3.05, 3.63) is 53.3 Å². The maximum absolute atomic E-state index is 12.9. The summed E-state index contributed by atoms with van der Waals surface area (Å²) in [5.41, 5.74) is 2.75. The average Bonchev–Trinajstić information content (AvgIpc) is 3.02. The molecule has 5 nitrogen and oxygen atoms in total. The highest BCUT2D eigenvalue weighted by Gasteiger charge is 2.34. The lowest BCUT2D eigenvalue weighted by atomic mass is 9.77. The molecule has 0 aliphatic carbocycles. The van der Waals surface area contributed by atoms with Gasteiger partial charge in [-0.2, -0.15) is 5.10 Å². The van der Waals surface area contributed by atoms with E-state index < -0.39 is 0 Å². The van der Waals surface area contributed by atoms with Gasteiger partial charge < -0.3 is 10.0 Å². The normalized spacial score (nSPS) is 16.8. The fourth-order valence-electron chi connectivity index (χ4n) is 3.55. The van der Waals surface area contributed by atoms with E-state index in [-0.39, 0.29) is 17.9 Å². The summed E-state index contributed by atoms with van der Waals surface area (Å²) in [6.07, 6.45) is 4.37. The molecule has 0 unspecified atom stereocenters. The number of carbonyl (C=O) groups is 1. The number of aliphatic hydroxyl groups excluding tert-OH is 1. The summed E-state index contributed by atoms with van der Waals surface area (Å²) in [7, 11) is 0. The SMILES string of the molecule is CCC1(CO)CCN(C(=O)c2cnn(Cc3ccccc3)c2C)CC1. The lowest BCUT2D eigenvalue weighted by molar-refractivity contribution is 0.0337. The van der Waals surface area contributed by atoms with E-state index in [4.69, 9.17) is 0 Å². The molecule has 3 rings (SSSR count). The van der Waals surface area contributed by atoms with Crippen molar-refractivity contribution in [1.29, 1.82) is 0 Å². The van der Waals surface area contributed by atoms with E-state index in [0.717, 1.165) is 25.0 Å². The Balaban J connectivity index is 1.69. The molecular weight excluding hydrogens is 314 g/mol. The molecule has 1 aliphatic rings. The number of nitrogens with zero attached hydrogens (tertiary/aromatic N) is 3. The van der Waals surface area contributed by atoms with Crippen LogP contribution in [0.2, 0.25) is 0 Å². The number of piperidine rings is 1. The van der Waals surface area contributed by atoms with Crippen LogP contribution in [-0.4, -0.2) is 45.4 Å². The number of amides is 1. The first-order chi connectivity index (χ1) is 12.1. The van der Waals surface area contributed by atoms with Crippen LogP contribution in [0, 0.1) is 12.3 Å². The standard InChI is InChI=1S/C20H27N3O2/c1-3-20(15-24)9-11-22(12-10-20)19(25)18-13-21-23(16(18)2)14-17-7-5-4-6-8-17/h4-8,13,24H,3,9-12,14-15H2,1-2H3. The molecular formula is C20H27N3O2. The molecule has 2 heterocycles. The Hall–Kier alpha value is -2.14. The minimum absolute atomic E-state index is 0.0106. The van der Waals surface area contributed by atoms with Crippen molar-refractivity contribution in [2.75, 3.05) is 19.7 Å². The van der Waals surface area contributed by atoms with Crippen molar-refractivity contribution in [1.82, 2.24) is 14.7 Å². The second-order valence-corrected chi connectivity index (χ2v) is 7.09. The number of aromatic nitrogens is 2. The van der Waals surface area contributed by atoms with Crippen LogP contribution in [0.15, 0.2) is 36.5 Å². The van der Waals surface area contributed by atoms with Gasteiger partial charge in [0.25, 0.3) is 5.91 Å². The fraction of sp³-hybridized carbons (Fsp3) is 0.500. The zero-order valence-corrected chi connectivity index (χ0v) is 15.1. The number of carbonyl (C=O) groups excluding carboxylic acids is 1. The van der Waals surface area contributed by atoms with Crippen LogP contribution in [0.25, 0.3) is 0 Å². The molecule has 0 bridgehead atoms. The van der Waals surface area contributed by atoms with Gasteiger partial charge in [-0.15, -0.1) is 0 Å². The summed E-state index contributed by atoms with van der Waals surface area (Å²) in [5, 5.41) is 14.1. The first-order valence-electron chi connectivity index (χ1n) is 9.05. The second-order valence-electron chi connectivity index (χ2n) is 7.09. The highest BCUT2D eigenvalue weighted by atomic mass is 16.3. The summed E-state index contributed by atoms with van der Waals surface area (Å²) in [4.78, 5) is 14.8. The van der Waals surface area contributed by atoms with Crippen molar-refractivity contribution < 1.29 is 9.90 Å². The fourth-order valence-corrected chi connectivity index (χ4v) is 3.55. The number of hydrogen-bond donors (Lipinski definition) is 1. The first-order valence-corrected chi connectivity index (χ1v) is 9.05. The molecule has 0 spiro atoms. The topological polar surface area (TPSA) is 58.4 Å². The zero-order valence-electron chi connectivity index (χ0n) is 15.1. The highest BCUT2D eigenvalue weighted by Crippen LogP contribution is 2.34. The van der Waals surface area contributed by atoms with Crippen LogP contribution >= 0.6 is 0 Å². The zero-order chi connectivity index (χ0) is 17.9. The number of benzene rings is 1. The molecule has 1 aromatic heterocycles. The third kappa shape index (κ3) is 3.61. The van der Waals surface area contributed by atoms with Gasteiger partial charge in [-0.1, -0.05) is 37.3 Å². The Morgan fingerprint density at radius 1 is 1.24 bits per heavy atom. The van der Waals surface area contributed by atoms with E-state index in [0.29, 0.717) is 25.2 Å². The highest BCUT2D eigenvalue weighted by molar-refractivity contribution is 5.95. The predicted molar refractivity (Wildman–Crippen MR) is 97.5 cm³/mol. The Morgan fingerprint density at radius 2 is 1.92 bits per heavy atom. The van der Waals surface area contributed by atoms with Gasteiger partial charge in [0.1, 0.15) is 0 Å². The summed E-state index contributed by atoms with van der Waals surface area (Å²) in [5.74, 6) is 0.0551. The third-order valence-corrected chi connectivity index (χ3v) is 5.71. The largest absolute Gasteiger partial charge is 0.396 e. The lowest BCUT2D eigenvalue weighted by Gasteiger charge is -2.40. The van der Waals surface area contributed by atoms with Gasteiger partial charge in [0.05, 0.1) is 18.3 Å². The molecule has 134 valence electrons. The smallest absolute Gasteiger partial charge is 0.257 e. The number of likely N-dealkylation sites (tertiary alicyclic amines) is 1. The number of aliphatic hydroxyl groups is 1. The van der Waals surface area contributed by atoms with E-state index >= 15 is 0 Å². The Labute approximate surface area is 149 Å². The molecule has 1 aromatic carbocycles. The Morgan fingerprint density at radius 3 is 2.52 bits per heavy atom. The van der Waals surface area contributed by atoms with E-state index in [1.54, 1.807) is 6.20 Å². The van der Waals surface area contributed by atoms with Gasteiger partial charge >= 0.3 is 0 Å². The molecule has 1 amide bonds. The second kappa shape index (κ2) is 7.40. The molecule has 2 aromatic rings. The molecule has 1 N–H and O–H groups in total. The van der Waals surface area contributed by atoms with Gasteiger partial charge in [-0.3, -0.25) is 9.48 Å². The minimum atomic E-state index is -0.0106. The van der Waals surface area contributed by atoms with Crippen LogP contribution < -0.4 is 0 Å². The summed E-state index contributed by atoms with van der Waals surface area (Å²) >= 11 is 0. The average molecular weight is 341 g/mol. The monoisotopic (exact) mass is 341 g/mol. The van der Waals surface area contributed by atoms with Crippen molar-refractivity contribution in [2.45, 2.75) is 39.7 Å². The summed E-state index contributed by atoms with van der Waals surface area (Å²) < 4.78 is 1.89. The molecule has 25 heavy (non-hydrogen) atoms. The van der Waals surface area contributed by atoms with Crippen LogP contribution in [0.4, 0.5) is 0 Å². The van der Waals surface area contributed by atoms with Gasteiger partial charge in [-0.05, 0) is 37.2 Å². The Kier molecular flexibility index (Phi) is 5.23. The minimum Gasteiger partial charge on any atom is -0.396 e. The predicted octanol–water partition coefficient (Wildman–Crippen LogP) is 2.86. The first kappa shape index (κ1) is 17.7. The molecule has 1 aliphatic heterocycles. The number of rotatable bonds is 5. The van der Waals surface area contributed by atoms with Gasteiger partial charge in [0.15, 0.2) is 0 Å². The van der Waals surface area contributed by atoms with E-state index in [2.05, 4.69) is 24.2 Å². The van der Waals surface area contributed by atoms with Gasteiger partial charge in [0.2, 0.25) is 0 Å². The van der Waals surface area contributed by atoms with Crippen molar-refractivity contribution in [3.63, 3.8) is 0 Å². The van der Waals surface area contributed by atoms with Crippen molar-refractivity contribution >= 4 is 5.91 Å². The third-order valence-electron chi connectivity index (χ3n) is 5.71. The number of hydrogen-bond acceptors (Lipinski definition) is 3. The molecule has 1 fully saturated rings. The van der Waals surface area contributed by atoms with Gasteiger partial charge in [0, 0.05) is 25.4 Å². The van der Waals surface area contributed by atoms with Crippen molar-refractivity contribution in [3.8, 4) is 0 Å². The quantitative estimate of drug-likeness (QED) is 0.910. The van der Waals surface area contributed by atoms with E-state index in [1.165, 1.54) is 5.56 Å². The van der Waals surface area contributed by atoms with Gasteiger partial charge in [-0.25, -0.2) is 0 Å². The van der Waals surface area contributed by atoms with E-state index in [1.807, 2.05) is 34.7 Å².